The van der Waals surface area contributed by atoms with Gasteiger partial charge in [-0.25, -0.2) is 8.42 Å². The van der Waals surface area contributed by atoms with Crippen LogP contribution in [0, 0.1) is 5.92 Å². The van der Waals surface area contributed by atoms with Crippen molar-refractivity contribution in [2.24, 2.45) is 11.7 Å². The lowest BCUT2D eigenvalue weighted by Gasteiger charge is -2.21. The molecule has 5 nitrogen and oxygen atoms in total. The number of sulfonamides is 1. The summed E-state index contributed by atoms with van der Waals surface area (Å²) in [4.78, 5) is 11.2. The normalized spacial score (nSPS) is 15.5. The zero-order chi connectivity index (χ0) is 14.8. The molecule has 0 aromatic heterocycles. The lowest BCUT2D eigenvalue weighted by atomic mass is 10.2. The maximum atomic E-state index is 12.6. The summed E-state index contributed by atoms with van der Waals surface area (Å²) in [6, 6.07) is 5.81. The molecule has 1 fully saturated rings. The number of hydrogen-bond acceptors (Lipinski definition) is 3. The van der Waals surface area contributed by atoms with Gasteiger partial charge >= 0.3 is 0 Å². The third kappa shape index (κ3) is 3.37. The van der Waals surface area contributed by atoms with Crippen molar-refractivity contribution < 1.29 is 13.2 Å². The Bertz CT molecular complexity index is 577. The number of hydrogen-bond donors (Lipinski definition) is 1. The summed E-state index contributed by atoms with van der Waals surface area (Å²) in [7, 11) is -3.48. The molecule has 1 aromatic rings. The van der Waals surface area contributed by atoms with Gasteiger partial charge in [0.1, 0.15) is 0 Å². The number of benzene rings is 1. The Kier molecular flexibility index (Phi) is 4.45. The van der Waals surface area contributed by atoms with E-state index >= 15 is 0 Å². The molecule has 0 aliphatic heterocycles. The van der Waals surface area contributed by atoms with Crippen LogP contribution in [-0.2, 0) is 10.0 Å². The van der Waals surface area contributed by atoms with E-state index in [1.807, 2.05) is 6.92 Å². The van der Waals surface area contributed by atoms with Crippen molar-refractivity contribution in [1.29, 1.82) is 0 Å². The lowest BCUT2D eigenvalue weighted by molar-refractivity contribution is 0.1000. The fourth-order valence-electron chi connectivity index (χ4n) is 2.09. The molecule has 0 atom stereocenters. The van der Waals surface area contributed by atoms with Crippen molar-refractivity contribution in [2.75, 3.05) is 13.1 Å². The largest absolute Gasteiger partial charge is 0.366 e. The highest BCUT2D eigenvalue weighted by Gasteiger charge is 2.31. The standard InChI is InChI=1S/C14H20N2O3S/c1-2-9-16(10-11-3-4-11)20(18,19)13-7-5-12(6-8-13)14(15)17/h5-8,11H,2-4,9-10H2,1H3,(H2,15,17). The first-order valence-electron chi connectivity index (χ1n) is 6.85. The second kappa shape index (κ2) is 5.93. The van der Waals surface area contributed by atoms with Crippen LogP contribution in [0.4, 0.5) is 0 Å². The molecule has 2 N–H and O–H groups in total. The van der Waals surface area contributed by atoms with E-state index in [-0.39, 0.29) is 4.90 Å². The average Bonchev–Trinajstić information content (AvgIpc) is 3.22. The molecule has 6 heteroatoms. The fourth-order valence-corrected chi connectivity index (χ4v) is 3.70. The van der Waals surface area contributed by atoms with E-state index in [9.17, 15) is 13.2 Å². The van der Waals surface area contributed by atoms with Crippen molar-refractivity contribution in [1.82, 2.24) is 4.31 Å². The Balaban J connectivity index is 2.23. The first kappa shape index (κ1) is 15.0. The second-order valence-electron chi connectivity index (χ2n) is 5.20. The first-order valence-corrected chi connectivity index (χ1v) is 8.29. The molecule has 1 saturated carbocycles. The second-order valence-corrected chi connectivity index (χ2v) is 7.13. The maximum Gasteiger partial charge on any atom is 0.248 e. The lowest BCUT2D eigenvalue weighted by Crippen LogP contribution is -2.33. The predicted octanol–water partition coefficient (Wildman–Crippen LogP) is 1.60. The van der Waals surface area contributed by atoms with E-state index in [0.29, 0.717) is 24.6 Å². The molecule has 0 saturated heterocycles. The maximum absolute atomic E-state index is 12.6. The monoisotopic (exact) mass is 296 g/mol. The van der Waals surface area contributed by atoms with Crippen LogP contribution in [0.2, 0.25) is 0 Å². The van der Waals surface area contributed by atoms with Crippen LogP contribution in [-0.4, -0.2) is 31.7 Å². The molecule has 0 unspecified atom stereocenters. The summed E-state index contributed by atoms with van der Waals surface area (Å²) >= 11 is 0. The molecule has 1 aromatic carbocycles. The number of rotatable bonds is 7. The number of amides is 1. The Morgan fingerprint density at radius 1 is 1.30 bits per heavy atom. The molecule has 1 aliphatic rings. The van der Waals surface area contributed by atoms with Crippen LogP contribution in [0.1, 0.15) is 36.5 Å². The number of carbonyl (C=O) groups excluding carboxylic acids is 1. The number of nitrogens with two attached hydrogens (primary N) is 1. The van der Waals surface area contributed by atoms with Crippen LogP contribution in [0.3, 0.4) is 0 Å². The van der Waals surface area contributed by atoms with Crippen LogP contribution in [0.15, 0.2) is 29.2 Å². The highest BCUT2D eigenvalue weighted by Crippen LogP contribution is 2.31. The van der Waals surface area contributed by atoms with Crippen LogP contribution < -0.4 is 5.73 Å². The van der Waals surface area contributed by atoms with Gasteiger partial charge in [0.2, 0.25) is 15.9 Å². The third-order valence-corrected chi connectivity index (χ3v) is 5.29. The average molecular weight is 296 g/mol. The quantitative estimate of drug-likeness (QED) is 0.829. The van der Waals surface area contributed by atoms with Gasteiger partial charge in [-0.3, -0.25) is 4.79 Å². The van der Waals surface area contributed by atoms with E-state index in [1.54, 1.807) is 4.31 Å². The summed E-state index contributed by atoms with van der Waals surface area (Å²) in [6.07, 6.45) is 3.00. The molecule has 0 bridgehead atoms. The highest BCUT2D eigenvalue weighted by atomic mass is 32.2. The molecule has 20 heavy (non-hydrogen) atoms. The SMILES string of the molecule is CCCN(CC1CC1)S(=O)(=O)c1ccc(C(N)=O)cc1. The molecule has 1 aliphatic carbocycles. The van der Waals surface area contributed by atoms with E-state index in [2.05, 4.69) is 0 Å². The van der Waals surface area contributed by atoms with Gasteiger partial charge in [-0.05, 0) is 49.4 Å². The van der Waals surface area contributed by atoms with E-state index in [4.69, 9.17) is 5.73 Å². The van der Waals surface area contributed by atoms with Crippen molar-refractivity contribution in [3.05, 3.63) is 29.8 Å². The van der Waals surface area contributed by atoms with Gasteiger partial charge in [-0.1, -0.05) is 6.92 Å². The Labute approximate surface area is 119 Å². The summed E-state index contributed by atoms with van der Waals surface area (Å²) in [5.74, 6) is -0.0569. The summed E-state index contributed by atoms with van der Waals surface area (Å²) in [6.45, 7) is 3.08. The van der Waals surface area contributed by atoms with Gasteiger partial charge in [-0.2, -0.15) is 4.31 Å². The zero-order valence-corrected chi connectivity index (χ0v) is 12.4. The minimum atomic E-state index is -3.48. The van der Waals surface area contributed by atoms with E-state index in [1.165, 1.54) is 24.3 Å². The first-order chi connectivity index (χ1) is 9.45. The van der Waals surface area contributed by atoms with Crippen LogP contribution >= 0.6 is 0 Å². The highest BCUT2D eigenvalue weighted by molar-refractivity contribution is 7.89. The Morgan fingerprint density at radius 2 is 1.90 bits per heavy atom. The van der Waals surface area contributed by atoms with Gasteiger partial charge in [0.05, 0.1) is 4.90 Å². The molecule has 0 spiro atoms. The van der Waals surface area contributed by atoms with Crippen molar-refractivity contribution in [3.8, 4) is 0 Å². The van der Waals surface area contributed by atoms with E-state index in [0.717, 1.165) is 19.3 Å². The molecule has 1 amide bonds. The topological polar surface area (TPSA) is 80.5 Å². The minimum Gasteiger partial charge on any atom is -0.366 e. The van der Waals surface area contributed by atoms with Crippen molar-refractivity contribution in [3.63, 3.8) is 0 Å². The number of nitrogens with zero attached hydrogens (tertiary/aromatic N) is 1. The fraction of sp³-hybridized carbons (Fsp3) is 0.500. The third-order valence-electron chi connectivity index (χ3n) is 3.41. The van der Waals surface area contributed by atoms with Gasteiger partial charge < -0.3 is 5.73 Å². The number of carbonyl (C=O) groups is 1. The summed E-state index contributed by atoms with van der Waals surface area (Å²) in [5.41, 5.74) is 5.47. The molecular weight excluding hydrogens is 276 g/mol. The smallest absolute Gasteiger partial charge is 0.248 e. The molecular formula is C14H20N2O3S. The summed E-state index contributed by atoms with van der Waals surface area (Å²) in [5, 5.41) is 0. The molecule has 0 heterocycles. The Hall–Kier alpha value is -1.40. The van der Waals surface area contributed by atoms with Gasteiger partial charge in [0.15, 0.2) is 0 Å². The van der Waals surface area contributed by atoms with Crippen LogP contribution in [0.5, 0.6) is 0 Å². The summed E-state index contributed by atoms with van der Waals surface area (Å²) < 4.78 is 26.7. The Morgan fingerprint density at radius 3 is 2.35 bits per heavy atom. The van der Waals surface area contributed by atoms with Crippen molar-refractivity contribution in [2.45, 2.75) is 31.1 Å². The van der Waals surface area contributed by atoms with Gasteiger partial charge in [0, 0.05) is 18.7 Å². The van der Waals surface area contributed by atoms with Crippen molar-refractivity contribution >= 4 is 15.9 Å². The number of primary amides is 1. The van der Waals surface area contributed by atoms with E-state index < -0.39 is 15.9 Å². The van der Waals surface area contributed by atoms with Gasteiger partial charge in [0.25, 0.3) is 0 Å². The van der Waals surface area contributed by atoms with Gasteiger partial charge in [-0.15, -0.1) is 0 Å². The minimum absolute atomic E-state index is 0.219. The zero-order valence-electron chi connectivity index (χ0n) is 11.6. The van der Waals surface area contributed by atoms with Crippen LogP contribution in [0.25, 0.3) is 0 Å². The molecule has 2 rings (SSSR count). The molecule has 0 radical (unpaired) electrons. The molecule has 110 valence electrons. The predicted molar refractivity (Wildman–Crippen MR) is 76.7 cm³/mol.